The summed E-state index contributed by atoms with van der Waals surface area (Å²) in [5.41, 5.74) is 1.45. The second-order valence-electron chi connectivity index (χ2n) is 8.59. The number of ether oxygens (including phenoxy) is 2. The minimum absolute atomic E-state index is 0.144. The fourth-order valence-electron chi connectivity index (χ4n) is 7.14. The zero-order chi connectivity index (χ0) is 17.3. The number of carbonyl (C=O) groups is 1. The van der Waals surface area contributed by atoms with E-state index < -0.39 is 11.5 Å². The molecule has 2 saturated heterocycles. The fraction of sp³-hybridized carbons (Fsp3) is 0.550. The molecular weight excluding hydrogens is 332 g/mol. The van der Waals surface area contributed by atoms with Gasteiger partial charge in [-0.25, -0.2) is 0 Å². The Labute approximate surface area is 151 Å². The monoisotopic (exact) mass is 352 g/mol. The first-order chi connectivity index (χ1) is 12.7. The molecule has 5 heterocycles. The summed E-state index contributed by atoms with van der Waals surface area (Å²) in [6.45, 7) is 2.15. The van der Waals surface area contributed by atoms with Gasteiger partial charge >= 0.3 is 0 Å². The van der Waals surface area contributed by atoms with Crippen molar-refractivity contribution in [3.8, 4) is 11.5 Å². The van der Waals surface area contributed by atoms with Crippen LogP contribution in [0, 0.1) is 5.41 Å². The van der Waals surface area contributed by atoms with Crippen molar-refractivity contribution in [2.75, 3.05) is 24.8 Å². The Bertz CT molecular complexity index is 913. The number of piperidine rings is 2. The van der Waals surface area contributed by atoms with E-state index in [1.54, 1.807) is 0 Å². The molecule has 5 unspecified atom stereocenters. The fourth-order valence-corrected chi connectivity index (χ4v) is 7.14. The molecule has 1 saturated carbocycles. The maximum Gasteiger partial charge on any atom is 0.257 e. The molecule has 1 spiro atoms. The number of amides is 1. The van der Waals surface area contributed by atoms with Crippen molar-refractivity contribution in [1.82, 2.24) is 4.90 Å². The molecule has 1 aliphatic carbocycles. The Morgan fingerprint density at radius 2 is 2.04 bits per heavy atom. The van der Waals surface area contributed by atoms with E-state index in [9.17, 15) is 9.90 Å². The molecule has 2 bridgehead atoms. The third-order valence-corrected chi connectivity index (χ3v) is 7.90. The number of nitrogens with zero attached hydrogens (tertiary/aromatic N) is 2. The molecule has 6 aliphatic rings. The number of aliphatic hydroxyl groups excluding tert-OH is 1. The van der Waals surface area contributed by atoms with Gasteiger partial charge in [0.15, 0.2) is 11.5 Å². The highest BCUT2D eigenvalue weighted by molar-refractivity contribution is 6.04. The van der Waals surface area contributed by atoms with E-state index in [1.165, 1.54) is 5.56 Å². The maximum atomic E-state index is 13.4. The summed E-state index contributed by atoms with van der Waals surface area (Å²) in [5.74, 6) is 1.65. The lowest BCUT2D eigenvalue weighted by atomic mass is 9.62. The van der Waals surface area contributed by atoms with Crippen LogP contribution >= 0.6 is 0 Å². The SMILES string of the molecule is O=C1C(O)C23C=CCN4CCC5c6cc7c(cc6N1C5(CC2)C43)OCO7. The molecule has 7 rings (SSSR count). The summed E-state index contributed by atoms with van der Waals surface area (Å²) in [6, 6.07) is 4.24. The third kappa shape index (κ3) is 1.22. The maximum absolute atomic E-state index is 13.4. The van der Waals surface area contributed by atoms with Gasteiger partial charge < -0.3 is 19.5 Å². The van der Waals surface area contributed by atoms with E-state index >= 15 is 0 Å². The van der Waals surface area contributed by atoms with Gasteiger partial charge in [-0.3, -0.25) is 9.69 Å². The Morgan fingerprint density at radius 1 is 1.19 bits per heavy atom. The smallest absolute Gasteiger partial charge is 0.257 e. The van der Waals surface area contributed by atoms with Gasteiger partial charge in [0.2, 0.25) is 6.79 Å². The minimum Gasteiger partial charge on any atom is -0.454 e. The van der Waals surface area contributed by atoms with Crippen LogP contribution in [-0.4, -0.2) is 53.5 Å². The standard InChI is InChI=1S/C20H20N2O4/c23-16-17(24)22-13-9-15-14(25-10-26-15)8-11(13)12-2-7-21-6-1-3-19(16)4-5-20(12,22)18(19)21/h1,3,8-9,12,16,18,23H,2,4-7,10H2. The number of fused-ring (bicyclic) bond motifs is 4. The first kappa shape index (κ1) is 14.1. The predicted molar refractivity (Wildman–Crippen MR) is 92.3 cm³/mol. The third-order valence-electron chi connectivity index (χ3n) is 7.90. The zero-order valence-corrected chi connectivity index (χ0v) is 14.4. The van der Waals surface area contributed by atoms with E-state index in [4.69, 9.17) is 9.47 Å². The van der Waals surface area contributed by atoms with Gasteiger partial charge in [-0.15, -0.1) is 0 Å². The van der Waals surface area contributed by atoms with Crippen molar-refractivity contribution in [2.45, 2.75) is 42.9 Å². The summed E-state index contributed by atoms with van der Waals surface area (Å²) in [5, 5.41) is 11.1. The second-order valence-corrected chi connectivity index (χ2v) is 8.59. The molecule has 1 aromatic carbocycles. The van der Waals surface area contributed by atoms with Gasteiger partial charge in [0, 0.05) is 30.0 Å². The molecule has 0 radical (unpaired) electrons. The Balaban J connectivity index is 1.53. The van der Waals surface area contributed by atoms with Gasteiger partial charge in [0.25, 0.3) is 5.91 Å². The molecule has 1 amide bonds. The van der Waals surface area contributed by atoms with Crippen LogP contribution in [-0.2, 0) is 4.79 Å². The topological polar surface area (TPSA) is 62.2 Å². The number of benzene rings is 1. The lowest BCUT2D eigenvalue weighted by Crippen LogP contribution is -2.76. The molecule has 1 N–H and O–H groups in total. The highest BCUT2D eigenvalue weighted by Gasteiger charge is 2.75. The summed E-state index contributed by atoms with van der Waals surface area (Å²) in [6.07, 6.45) is 6.17. The lowest BCUT2D eigenvalue weighted by Gasteiger charge is -2.60. The average molecular weight is 352 g/mol. The quantitative estimate of drug-likeness (QED) is 0.715. The van der Waals surface area contributed by atoms with Crippen molar-refractivity contribution in [3.63, 3.8) is 0 Å². The predicted octanol–water partition coefficient (Wildman–Crippen LogP) is 1.38. The molecular formula is C20H20N2O4. The Hall–Kier alpha value is -2.05. The molecule has 5 atom stereocenters. The Kier molecular flexibility index (Phi) is 2.22. The normalized spacial score (nSPS) is 43.7. The number of anilines is 1. The summed E-state index contributed by atoms with van der Waals surface area (Å²) < 4.78 is 11.2. The van der Waals surface area contributed by atoms with Gasteiger partial charge in [0.05, 0.1) is 11.2 Å². The van der Waals surface area contributed by atoms with E-state index in [1.807, 2.05) is 11.0 Å². The highest BCUT2D eigenvalue weighted by atomic mass is 16.7. The minimum atomic E-state index is -0.975. The van der Waals surface area contributed by atoms with Gasteiger partial charge in [-0.05, 0) is 37.4 Å². The van der Waals surface area contributed by atoms with Crippen LogP contribution in [0.2, 0.25) is 0 Å². The number of hydrogen-bond donors (Lipinski definition) is 1. The second kappa shape index (κ2) is 4.10. The van der Waals surface area contributed by atoms with Gasteiger partial charge in [-0.1, -0.05) is 12.2 Å². The van der Waals surface area contributed by atoms with Crippen LogP contribution < -0.4 is 14.4 Å². The molecule has 3 fully saturated rings. The van der Waals surface area contributed by atoms with Crippen molar-refractivity contribution < 1.29 is 19.4 Å². The van der Waals surface area contributed by atoms with Crippen LogP contribution in [0.4, 0.5) is 5.69 Å². The molecule has 6 heteroatoms. The number of rotatable bonds is 0. The number of aliphatic hydroxyl groups is 1. The molecule has 26 heavy (non-hydrogen) atoms. The van der Waals surface area contributed by atoms with E-state index in [0.29, 0.717) is 11.7 Å². The van der Waals surface area contributed by atoms with Crippen molar-refractivity contribution in [2.24, 2.45) is 5.41 Å². The first-order valence-corrected chi connectivity index (χ1v) is 9.54. The molecule has 5 aliphatic heterocycles. The molecule has 1 aromatic rings. The average Bonchev–Trinajstić information content (AvgIpc) is 3.31. The van der Waals surface area contributed by atoms with E-state index in [-0.39, 0.29) is 24.3 Å². The van der Waals surface area contributed by atoms with Crippen molar-refractivity contribution in [1.29, 1.82) is 0 Å². The van der Waals surface area contributed by atoms with Crippen molar-refractivity contribution in [3.05, 3.63) is 29.8 Å². The van der Waals surface area contributed by atoms with Gasteiger partial charge in [0.1, 0.15) is 6.10 Å². The highest BCUT2D eigenvalue weighted by Crippen LogP contribution is 2.69. The molecule has 6 nitrogen and oxygen atoms in total. The summed E-state index contributed by atoms with van der Waals surface area (Å²) >= 11 is 0. The van der Waals surface area contributed by atoms with Crippen molar-refractivity contribution >= 4 is 11.6 Å². The van der Waals surface area contributed by atoms with Crippen LogP contribution in [0.5, 0.6) is 11.5 Å². The van der Waals surface area contributed by atoms with Gasteiger partial charge in [-0.2, -0.15) is 0 Å². The van der Waals surface area contributed by atoms with Crippen LogP contribution in [0.15, 0.2) is 24.3 Å². The van der Waals surface area contributed by atoms with Crippen LogP contribution in [0.3, 0.4) is 0 Å². The van der Waals surface area contributed by atoms with E-state index in [0.717, 1.165) is 43.8 Å². The Morgan fingerprint density at radius 3 is 2.92 bits per heavy atom. The van der Waals surface area contributed by atoms with Crippen LogP contribution in [0.25, 0.3) is 0 Å². The number of carbonyl (C=O) groups excluding carboxylic acids is 1. The largest absolute Gasteiger partial charge is 0.454 e. The van der Waals surface area contributed by atoms with Crippen LogP contribution in [0.1, 0.15) is 30.7 Å². The first-order valence-electron chi connectivity index (χ1n) is 9.54. The zero-order valence-electron chi connectivity index (χ0n) is 14.4. The molecule has 0 aromatic heterocycles. The lowest BCUT2D eigenvalue weighted by molar-refractivity contribution is -0.145. The summed E-state index contributed by atoms with van der Waals surface area (Å²) in [7, 11) is 0. The summed E-state index contributed by atoms with van der Waals surface area (Å²) in [4.78, 5) is 17.9. The molecule has 134 valence electrons. The number of hydrogen-bond acceptors (Lipinski definition) is 5. The van der Waals surface area contributed by atoms with E-state index in [2.05, 4.69) is 23.1 Å².